The number of allylic oxidation sites excluding steroid dienone is 1. The number of aromatic nitrogens is 2. The van der Waals surface area contributed by atoms with Gasteiger partial charge in [0.2, 0.25) is 0 Å². The lowest BCUT2D eigenvalue weighted by Gasteiger charge is -2.37. The number of carbonyl (C=O) groups is 1. The zero-order chi connectivity index (χ0) is 36.6. The molecule has 2 aliphatic heterocycles. The van der Waals surface area contributed by atoms with Gasteiger partial charge in [-0.25, -0.2) is 14.8 Å². The average Bonchev–Trinajstić information content (AvgIpc) is 3.03. The maximum Gasteiger partial charge on any atom is 0.416 e. The number of fused-ring (bicyclic) bond motifs is 2. The van der Waals surface area contributed by atoms with E-state index in [1.54, 1.807) is 52.0 Å². The summed E-state index contributed by atoms with van der Waals surface area (Å²) in [6.45, 7) is 9.66. The van der Waals surface area contributed by atoms with Crippen LogP contribution in [0.2, 0.25) is 0 Å². The zero-order valence-corrected chi connectivity index (χ0v) is 28.0. The number of benzene rings is 2. The molecule has 0 saturated carbocycles. The van der Waals surface area contributed by atoms with Crippen LogP contribution in [0.3, 0.4) is 0 Å². The highest BCUT2D eigenvalue weighted by Crippen LogP contribution is 2.40. The van der Waals surface area contributed by atoms with Gasteiger partial charge in [-0.2, -0.15) is 26.3 Å². The molecule has 0 saturated heterocycles. The van der Waals surface area contributed by atoms with Crippen molar-refractivity contribution in [1.29, 1.82) is 0 Å². The van der Waals surface area contributed by atoms with E-state index in [0.29, 0.717) is 29.2 Å². The fourth-order valence-corrected chi connectivity index (χ4v) is 5.49. The second-order valence-corrected chi connectivity index (χ2v) is 13.2. The van der Waals surface area contributed by atoms with Gasteiger partial charge in [0.15, 0.2) is 0 Å². The van der Waals surface area contributed by atoms with Gasteiger partial charge in [-0.3, -0.25) is 4.90 Å². The highest BCUT2D eigenvalue weighted by Gasteiger charge is 2.39. The molecule has 6 rings (SSSR count). The summed E-state index contributed by atoms with van der Waals surface area (Å²) in [6, 6.07) is 16.8. The number of carbonyl (C=O) groups excluding carboxylic acids is 1. The van der Waals surface area contributed by atoms with E-state index < -0.39 is 40.8 Å². The number of halogens is 6. The monoisotopic (exact) mass is 698 g/mol. The molecule has 2 aromatic carbocycles. The number of hydrogen-bond donors (Lipinski definition) is 2. The van der Waals surface area contributed by atoms with E-state index in [0.717, 1.165) is 35.4 Å². The Bertz CT molecular complexity index is 1930. The van der Waals surface area contributed by atoms with E-state index in [9.17, 15) is 36.2 Å². The predicted octanol–water partition coefficient (Wildman–Crippen LogP) is 9.72. The van der Waals surface area contributed by atoms with Gasteiger partial charge in [0.05, 0.1) is 28.1 Å². The fraction of sp³-hybridized carbons (Fsp3) is 0.324. The molecule has 264 valence electrons. The zero-order valence-electron chi connectivity index (χ0n) is 28.0. The van der Waals surface area contributed by atoms with Gasteiger partial charge in [-0.1, -0.05) is 36.4 Å². The van der Waals surface area contributed by atoms with Crippen LogP contribution in [0.1, 0.15) is 63.3 Å². The highest BCUT2D eigenvalue weighted by molar-refractivity contribution is 5.89. The molecular formula is C37H36F6N4O3. The van der Waals surface area contributed by atoms with Crippen LogP contribution in [-0.4, -0.2) is 39.9 Å². The molecule has 4 aromatic rings. The predicted molar refractivity (Wildman–Crippen MR) is 179 cm³/mol. The maximum atomic E-state index is 13.1. The maximum absolute atomic E-state index is 13.1. The van der Waals surface area contributed by atoms with E-state index in [1.165, 1.54) is 23.1 Å². The van der Waals surface area contributed by atoms with Crippen molar-refractivity contribution in [3.8, 4) is 22.5 Å². The van der Waals surface area contributed by atoms with Crippen LogP contribution in [-0.2, 0) is 22.7 Å². The number of aliphatic hydroxyl groups is 1. The highest BCUT2D eigenvalue weighted by atomic mass is 19.4. The lowest BCUT2D eigenvalue weighted by Crippen LogP contribution is -2.45. The summed E-state index contributed by atoms with van der Waals surface area (Å²) in [6.07, 6.45) is -7.11. The van der Waals surface area contributed by atoms with Crippen molar-refractivity contribution in [3.63, 3.8) is 0 Å². The van der Waals surface area contributed by atoms with E-state index in [2.05, 4.69) is 15.3 Å². The molecule has 50 heavy (non-hydrogen) atoms. The Kier molecular flexibility index (Phi) is 9.77. The Morgan fingerprint density at radius 1 is 0.860 bits per heavy atom. The number of hydrogen-bond acceptors (Lipinski definition) is 6. The molecule has 0 aliphatic carbocycles. The topological polar surface area (TPSA) is 87.6 Å². The Morgan fingerprint density at radius 3 is 1.98 bits per heavy atom. The van der Waals surface area contributed by atoms with Crippen molar-refractivity contribution in [2.45, 2.75) is 64.6 Å². The third kappa shape index (κ3) is 8.27. The molecule has 0 radical (unpaired) electrons. The van der Waals surface area contributed by atoms with Gasteiger partial charge in [0, 0.05) is 35.3 Å². The molecule has 2 aliphatic rings. The van der Waals surface area contributed by atoms with Crippen LogP contribution in [0.25, 0.3) is 28.1 Å². The summed E-state index contributed by atoms with van der Waals surface area (Å²) in [5.74, 6) is 0.898. The average molecular weight is 699 g/mol. The molecular weight excluding hydrogens is 662 g/mol. The van der Waals surface area contributed by atoms with Crippen molar-refractivity contribution >= 4 is 23.3 Å². The summed E-state index contributed by atoms with van der Waals surface area (Å²) in [7, 11) is 0. The van der Waals surface area contributed by atoms with Crippen molar-refractivity contribution in [3.05, 3.63) is 101 Å². The lowest BCUT2D eigenvalue weighted by molar-refractivity contribution is -0.138. The summed E-state index contributed by atoms with van der Waals surface area (Å²) in [4.78, 5) is 22.8. The van der Waals surface area contributed by atoms with Gasteiger partial charge < -0.3 is 15.2 Å². The van der Waals surface area contributed by atoms with Crippen molar-refractivity contribution < 1.29 is 41.0 Å². The fourth-order valence-electron chi connectivity index (χ4n) is 5.49. The van der Waals surface area contributed by atoms with Gasteiger partial charge in [0.25, 0.3) is 0 Å². The quantitative estimate of drug-likeness (QED) is 0.203. The minimum Gasteiger partial charge on any atom is -0.443 e. The van der Waals surface area contributed by atoms with Gasteiger partial charge in [0.1, 0.15) is 17.2 Å². The van der Waals surface area contributed by atoms with Crippen LogP contribution in [0.15, 0.2) is 78.9 Å². The molecule has 0 spiro atoms. The van der Waals surface area contributed by atoms with E-state index in [-0.39, 0.29) is 30.0 Å². The molecule has 1 atom stereocenters. The molecule has 2 aromatic heterocycles. The molecule has 0 bridgehead atoms. The Morgan fingerprint density at radius 2 is 1.42 bits per heavy atom. The van der Waals surface area contributed by atoms with Crippen LogP contribution in [0.4, 0.5) is 42.8 Å². The van der Waals surface area contributed by atoms with E-state index in [1.807, 2.05) is 19.1 Å². The van der Waals surface area contributed by atoms with Gasteiger partial charge in [-0.15, -0.1) is 0 Å². The standard InChI is InChI=1S/C21H23F3N2O3.C16H13F3N2/c1-19(2,3)29-18(27)26-11-10-20(4,28)15-8-9-16(25-17(15)26)13-6-5-7-14(12-13)21(22,23)24;1-10-7-8-20-15-13(10)5-6-14(21-15)11-3-2-4-12(9-11)16(17,18)19/h5-9,12,28H,10-11H2,1-4H3;2-7,9H,8H2,1H3,(H,20,21). The third-order valence-corrected chi connectivity index (χ3v) is 8.12. The Labute approximate surface area is 285 Å². The first-order valence-corrected chi connectivity index (χ1v) is 15.7. The first-order chi connectivity index (χ1) is 23.2. The van der Waals surface area contributed by atoms with Crippen molar-refractivity contribution in [2.75, 3.05) is 23.3 Å². The third-order valence-electron chi connectivity index (χ3n) is 8.12. The molecule has 0 fully saturated rings. The number of alkyl halides is 6. The number of pyridine rings is 2. The van der Waals surface area contributed by atoms with Crippen LogP contribution in [0.5, 0.6) is 0 Å². The van der Waals surface area contributed by atoms with Gasteiger partial charge in [-0.05, 0) is 89.1 Å². The summed E-state index contributed by atoms with van der Waals surface area (Å²) in [5, 5.41) is 13.8. The van der Waals surface area contributed by atoms with Crippen LogP contribution >= 0.6 is 0 Å². The largest absolute Gasteiger partial charge is 0.443 e. The smallest absolute Gasteiger partial charge is 0.416 e. The molecule has 13 heteroatoms. The SMILES string of the molecule is CC(C)(C)OC(=O)N1CCC(C)(O)c2ccc(-c3cccc(C(F)(F)F)c3)nc21.CC1=CCNc2nc(-c3cccc(C(F)(F)F)c3)ccc21. The first-order valence-electron chi connectivity index (χ1n) is 15.7. The lowest BCUT2D eigenvalue weighted by atomic mass is 9.89. The summed E-state index contributed by atoms with van der Waals surface area (Å²) < 4.78 is 82.9. The molecule has 2 N–H and O–H groups in total. The Hall–Kier alpha value is -4.91. The minimum atomic E-state index is -4.48. The molecule has 1 amide bonds. The molecule has 4 heterocycles. The Balaban J connectivity index is 0.000000204. The summed E-state index contributed by atoms with van der Waals surface area (Å²) in [5.41, 5.74) is 0.647. The van der Waals surface area contributed by atoms with Crippen LogP contribution < -0.4 is 10.2 Å². The summed E-state index contributed by atoms with van der Waals surface area (Å²) >= 11 is 0. The van der Waals surface area contributed by atoms with Crippen molar-refractivity contribution in [1.82, 2.24) is 9.97 Å². The van der Waals surface area contributed by atoms with Crippen LogP contribution in [0, 0.1) is 0 Å². The number of ether oxygens (including phenoxy) is 1. The number of amides is 1. The number of nitrogens with zero attached hydrogens (tertiary/aromatic N) is 3. The number of rotatable bonds is 2. The second kappa shape index (κ2) is 13.4. The second-order valence-electron chi connectivity index (χ2n) is 13.2. The first kappa shape index (κ1) is 36.4. The van der Waals surface area contributed by atoms with E-state index >= 15 is 0 Å². The number of anilines is 2. The number of nitrogens with one attached hydrogen (secondary N) is 1. The molecule has 7 nitrogen and oxygen atoms in total. The van der Waals surface area contributed by atoms with Gasteiger partial charge >= 0.3 is 18.4 Å². The normalized spacial score (nSPS) is 17.4. The van der Waals surface area contributed by atoms with E-state index in [4.69, 9.17) is 4.74 Å². The van der Waals surface area contributed by atoms with Crippen molar-refractivity contribution in [2.24, 2.45) is 0 Å². The molecule has 1 unspecified atom stereocenters. The minimum absolute atomic E-state index is 0.175.